The van der Waals surface area contributed by atoms with E-state index in [0.29, 0.717) is 36.1 Å². The number of nitrogens with zero attached hydrogens (tertiary/aromatic N) is 5. The number of pyridine rings is 1. The van der Waals surface area contributed by atoms with Crippen LogP contribution in [0.25, 0.3) is 5.69 Å². The number of imidazole rings is 1. The van der Waals surface area contributed by atoms with Crippen molar-refractivity contribution in [2.45, 2.75) is 25.3 Å². The molecule has 2 unspecified atom stereocenters. The summed E-state index contributed by atoms with van der Waals surface area (Å²) in [6.45, 7) is 3.22. The third-order valence-electron chi connectivity index (χ3n) is 5.65. The van der Waals surface area contributed by atoms with E-state index in [1.807, 2.05) is 34.8 Å². The summed E-state index contributed by atoms with van der Waals surface area (Å²) in [5, 5.41) is 5.26. The topological polar surface area (TPSA) is 79.6 Å². The van der Waals surface area contributed by atoms with Crippen LogP contribution in [0, 0.1) is 6.92 Å². The van der Waals surface area contributed by atoms with Crippen LogP contribution in [0.2, 0.25) is 0 Å². The second-order valence-electron chi connectivity index (χ2n) is 7.86. The first-order valence-electron chi connectivity index (χ1n) is 10.4. The van der Waals surface area contributed by atoms with Gasteiger partial charge in [0, 0.05) is 19.3 Å². The van der Waals surface area contributed by atoms with E-state index in [2.05, 4.69) is 20.7 Å². The number of piperazine rings is 1. The first-order chi connectivity index (χ1) is 15.8. The average Bonchev–Trinajstić information content (AvgIpc) is 3.44. The molecule has 0 saturated carbocycles. The minimum Gasteiger partial charge on any atom is -0.479 e. The minimum atomic E-state index is -4.37. The van der Waals surface area contributed by atoms with Gasteiger partial charge in [-0.1, -0.05) is 12.1 Å². The van der Waals surface area contributed by atoms with Gasteiger partial charge in [-0.05, 0) is 36.8 Å². The number of benzene rings is 1. The zero-order valence-electron chi connectivity index (χ0n) is 18.0. The fourth-order valence-corrected chi connectivity index (χ4v) is 4.03. The van der Waals surface area contributed by atoms with Gasteiger partial charge in [-0.15, -0.1) is 0 Å². The first-order valence-corrected chi connectivity index (χ1v) is 10.4. The number of fused-ring (bicyclic) bond motifs is 1. The van der Waals surface area contributed by atoms with Crippen molar-refractivity contribution >= 4 is 5.84 Å². The number of nitrogens with one attached hydrogen (secondary N) is 2. The highest BCUT2D eigenvalue weighted by Gasteiger charge is 2.36. The molecule has 8 nitrogen and oxygen atoms in total. The molecule has 2 aromatic heterocycles. The highest BCUT2D eigenvalue weighted by Crippen LogP contribution is 2.33. The number of ether oxygens (including phenoxy) is 1. The zero-order valence-corrected chi connectivity index (χ0v) is 18.0. The Bertz CT molecular complexity index is 1190. The van der Waals surface area contributed by atoms with Gasteiger partial charge < -0.3 is 14.6 Å². The normalized spacial score (nSPS) is 20.5. The number of amidine groups is 1. The molecule has 0 spiro atoms. The molecule has 2 atom stereocenters. The molecule has 33 heavy (non-hydrogen) atoms. The van der Waals surface area contributed by atoms with Crippen molar-refractivity contribution in [1.82, 2.24) is 30.3 Å². The summed E-state index contributed by atoms with van der Waals surface area (Å²) in [5.74, 6) is 1.15. The van der Waals surface area contributed by atoms with E-state index in [-0.39, 0.29) is 6.04 Å². The van der Waals surface area contributed by atoms with Crippen LogP contribution in [0.4, 0.5) is 13.2 Å². The molecule has 4 heterocycles. The van der Waals surface area contributed by atoms with E-state index in [0.717, 1.165) is 23.5 Å². The Kier molecular flexibility index (Phi) is 5.29. The fraction of sp³-hybridized carbons (Fsp3) is 0.318. The standard InChI is InChI=1S/C22H22F3N7O/c1-13-11-31(12-27-13)17-8-7-16(28-21(17)33-2)19-29-20-18(26-9-10-32(20)30-19)14-3-5-15(6-4-14)22(23,24)25/h3-8,11-12,18-19,26,30H,9-10H2,1-2H3. The van der Waals surface area contributed by atoms with Crippen LogP contribution in [-0.4, -0.2) is 45.6 Å². The number of methoxy groups -OCH3 is 1. The van der Waals surface area contributed by atoms with Crippen molar-refractivity contribution < 1.29 is 17.9 Å². The van der Waals surface area contributed by atoms with Crippen LogP contribution < -0.4 is 15.5 Å². The number of aryl methyl sites for hydroxylation is 1. The predicted octanol–water partition coefficient (Wildman–Crippen LogP) is 3.16. The average molecular weight is 457 g/mol. The van der Waals surface area contributed by atoms with Crippen LogP contribution >= 0.6 is 0 Å². The highest BCUT2D eigenvalue weighted by atomic mass is 19.4. The Balaban J connectivity index is 1.43. The van der Waals surface area contributed by atoms with E-state index in [4.69, 9.17) is 9.73 Å². The third-order valence-corrected chi connectivity index (χ3v) is 5.65. The van der Waals surface area contributed by atoms with Crippen molar-refractivity contribution in [3.63, 3.8) is 0 Å². The number of aromatic nitrogens is 3. The summed E-state index contributed by atoms with van der Waals surface area (Å²) in [7, 11) is 1.56. The maximum Gasteiger partial charge on any atom is 0.416 e. The summed E-state index contributed by atoms with van der Waals surface area (Å²) in [4.78, 5) is 13.7. The summed E-state index contributed by atoms with van der Waals surface area (Å²) in [5.41, 5.74) is 5.68. The van der Waals surface area contributed by atoms with E-state index in [1.54, 1.807) is 13.4 Å². The summed E-state index contributed by atoms with van der Waals surface area (Å²) in [6.07, 6.45) is -1.23. The molecule has 2 aliphatic heterocycles. The van der Waals surface area contributed by atoms with Gasteiger partial charge in [-0.25, -0.2) is 20.4 Å². The van der Waals surface area contributed by atoms with Crippen LogP contribution in [-0.2, 0) is 6.18 Å². The molecule has 11 heteroatoms. The summed E-state index contributed by atoms with van der Waals surface area (Å²) < 4.78 is 46.2. The van der Waals surface area contributed by atoms with E-state index in [1.165, 1.54) is 12.1 Å². The lowest BCUT2D eigenvalue weighted by molar-refractivity contribution is -0.137. The number of hydrogen-bond acceptors (Lipinski definition) is 7. The number of hydrogen-bond donors (Lipinski definition) is 2. The fourth-order valence-electron chi connectivity index (χ4n) is 4.03. The highest BCUT2D eigenvalue weighted by molar-refractivity contribution is 5.90. The van der Waals surface area contributed by atoms with Crippen LogP contribution in [0.3, 0.4) is 0 Å². The number of aliphatic imine (C=N–C) groups is 1. The number of halogens is 3. The molecule has 2 N–H and O–H groups in total. The van der Waals surface area contributed by atoms with Crippen LogP contribution in [0.5, 0.6) is 5.88 Å². The van der Waals surface area contributed by atoms with Crippen molar-refractivity contribution in [2.24, 2.45) is 4.99 Å². The Labute approximate surface area is 188 Å². The van der Waals surface area contributed by atoms with Crippen molar-refractivity contribution in [3.05, 3.63) is 71.4 Å². The third kappa shape index (κ3) is 4.05. The van der Waals surface area contributed by atoms with E-state index in [9.17, 15) is 13.2 Å². The summed E-state index contributed by atoms with van der Waals surface area (Å²) in [6, 6.07) is 8.61. The summed E-state index contributed by atoms with van der Waals surface area (Å²) >= 11 is 0. The van der Waals surface area contributed by atoms with Gasteiger partial charge in [0.25, 0.3) is 0 Å². The molecule has 1 aromatic carbocycles. The monoisotopic (exact) mass is 457 g/mol. The minimum absolute atomic E-state index is 0.325. The maximum absolute atomic E-state index is 12.9. The molecular weight excluding hydrogens is 435 g/mol. The van der Waals surface area contributed by atoms with Gasteiger partial charge in [0.1, 0.15) is 11.5 Å². The van der Waals surface area contributed by atoms with Gasteiger partial charge in [0.2, 0.25) is 5.88 Å². The number of rotatable bonds is 4. The van der Waals surface area contributed by atoms with Gasteiger partial charge in [0.05, 0.1) is 36.4 Å². The molecule has 5 rings (SSSR count). The lowest BCUT2D eigenvalue weighted by Gasteiger charge is -2.33. The van der Waals surface area contributed by atoms with Crippen molar-refractivity contribution in [3.8, 4) is 11.6 Å². The molecule has 172 valence electrons. The smallest absolute Gasteiger partial charge is 0.416 e. The quantitative estimate of drug-likeness (QED) is 0.627. The van der Waals surface area contributed by atoms with Crippen LogP contribution in [0.15, 0.2) is 53.9 Å². The Morgan fingerprint density at radius 1 is 1.12 bits per heavy atom. The van der Waals surface area contributed by atoms with Gasteiger partial charge >= 0.3 is 6.18 Å². The van der Waals surface area contributed by atoms with Gasteiger partial charge in [0.15, 0.2) is 6.17 Å². The molecule has 1 saturated heterocycles. The number of alkyl halides is 3. The maximum atomic E-state index is 12.9. The van der Waals surface area contributed by atoms with Gasteiger partial charge in [-0.3, -0.25) is 5.01 Å². The molecule has 3 aromatic rings. The Morgan fingerprint density at radius 2 is 1.91 bits per heavy atom. The molecule has 0 amide bonds. The SMILES string of the molecule is COc1nc(C2N=C3C(c4ccc(C(F)(F)F)cc4)NCCN3N2)ccc1-n1cnc(C)c1. The van der Waals surface area contributed by atoms with Crippen LogP contribution in [0.1, 0.15) is 34.7 Å². The molecule has 0 radical (unpaired) electrons. The first kappa shape index (κ1) is 21.4. The molecule has 2 aliphatic rings. The molecular formula is C22H22F3N7O. The number of hydrazine groups is 1. The zero-order chi connectivity index (χ0) is 23.2. The lowest BCUT2D eigenvalue weighted by Crippen LogP contribution is -2.52. The van der Waals surface area contributed by atoms with Crippen molar-refractivity contribution in [2.75, 3.05) is 20.2 Å². The van der Waals surface area contributed by atoms with Crippen molar-refractivity contribution in [1.29, 1.82) is 0 Å². The lowest BCUT2D eigenvalue weighted by atomic mass is 10.0. The molecule has 0 aliphatic carbocycles. The Hall–Kier alpha value is -3.44. The van der Waals surface area contributed by atoms with Gasteiger partial charge in [-0.2, -0.15) is 13.2 Å². The second-order valence-corrected chi connectivity index (χ2v) is 7.86. The van der Waals surface area contributed by atoms with E-state index >= 15 is 0 Å². The second kappa shape index (κ2) is 8.16. The Morgan fingerprint density at radius 3 is 2.58 bits per heavy atom. The predicted molar refractivity (Wildman–Crippen MR) is 115 cm³/mol. The largest absolute Gasteiger partial charge is 0.479 e. The molecule has 1 fully saturated rings. The molecule has 0 bridgehead atoms. The van der Waals surface area contributed by atoms with E-state index < -0.39 is 17.9 Å².